The largest absolute Gasteiger partial charge is 0.481 e. The van der Waals surface area contributed by atoms with Crippen LogP contribution in [-0.4, -0.2) is 184 Å². The molecule has 0 radical (unpaired) electrons. The molecule has 34 nitrogen and oxygen atoms in total. The van der Waals surface area contributed by atoms with Crippen molar-refractivity contribution in [3.8, 4) is 0 Å². The van der Waals surface area contributed by atoms with Crippen molar-refractivity contribution >= 4 is 88.8 Å². The first-order valence-corrected chi connectivity index (χ1v) is 24.4. The Labute approximate surface area is 447 Å². The highest BCUT2D eigenvalue weighted by Crippen LogP contribution is 2.10. The Bertz CT molecular complexity index is 2190. The van der Waals surface area contributed by atoms with Crippen LogP contribution >= 0.6 is 0 Å². The Morgan fingerprint density at radius 1 is 0.449 bits per heavy atom. The fraction of sp³-hybridized carbons (Fsp3) is 0.659. The first-order valence-electron chi connectivity index (χ1n) is 24.4. The number of aliphatic hydroxyl groups is 1. The van der Waals surface area contributed by atoms with Gasteiger partial charge >= 0.3 is 11.9 Å². The summed E-state index contributed by atoms with van der Waals surface area (Å²) in [7, 11) is 0. The molecule has 0 aromatic carbocycles. The molecule has 0 rings (SSSR count). The number of hydrogen-bond donors (Lipinski definition) is 19. The number of nitrogens with one attached hydrogen (secondary N) is 9. The maximum atomic E-state index is 14.1. The number of guanidine groups is 1. The summed E-state index contributed by atoms with van der Waals surface area (Å²) in [6.07, 6.45) is -5.63. The third-order valence-corrected chi connectivity index (χ3v) is 11.1. The molecule has 12 amide bonds. The van der Waals surface area contributed by atoms with Gasteiger partial charge in [0.15, 0.2) is 12.0 Å². The molecule has 11 atom stereocenters. The summed E-state index contributed by atoms with van der Waals surface area (Å²) >= 11 is 0. The zero-order valence-electron chi connectivity index (χ0n) is 44.0. The first kappa shape index (κ1) is 69.7. The van der Waals surface area contributed by atoms with Crippen LogP contribution in [0.4, 0.5) is 0 Å². The van der Waals surface area contributed by atoms with Crippen LogP contribution in [0.1, 0.15) is 98.8 Å². The van der Waals surface area contributed by atoms with Gasteiger partial charge in [-0.1, -0.05) is 13.8 Å². The summed E-state index contributed by atoms with van der Waals surface area (Å²) in [5, 5.41) is 48.7. The summed E-state index contributed by atoms with van der Waals surface area (Å²) < 4.78 is 0. The fourth-order valence-corrected chi connectivity index (χ4v) is 6.68. The summed E-state index contributed by atoms with van der Waals surface area (Å²) in [6.45, 7) is 6.54. The molecule has 0 unspecified atom stereocenters. The summed E-state index contributed by atoms with van der Waals surface area (Å²) in [4.78, 5) is 184. The van der Waals surface area contributed by atoms with Crippen LogP contribution in [0, 0.1) is 5.92 Å². The van der Waals surface area contributed by atoms with Gasteiger partial charge in [0.2, 0.25) is 70.9 Å². The van der Waals surface area contributed by atoms with Gasteiger partial charge in [0.05, 0.1) is 31.4 Å². The number of hydrogen-bond acceptors (Lipinski definition) is 18. The van der Waals surface area contributed by atoms with Crippen molar-refractivity contribution in [2.75, 3.05) is 13.1 Å². The number of aliphatic carboxylic acids is 2. The van der Waals surface area contributed by atoms with Crippen LogP contribution in [0.2, 0.25) is 0 Å². The molecule has 78 heavy (non-hydrogen) atoms. The smallest absolute Gasteiger partial charge is 0.328 e. The predicted octanol–water partition coefficient (Wildman–Crippen LogP) is -9.49. The van der Waals surface area contributed by atoms with Crippen molar-refractivity contribution in [2.24, 2.45) is 51.0 Å². The van der Waals surface area contributed by atoms with E-state index in [9.17, 15) is 82.4 Å². The maximum Gasteiger partial charge on any atom is 0.328 e. The minimum Gasteiger partial charge on any atom is -0.481 e. The van der Waals surface area contributed by atoms with Crippen molar-refractivity contribution in [1.29, 1.82) is 0 Å². The molecule has 0 aromatic rings. The van der Waals surface area contributed by atoms with Crippen molar-refractivity contribution in [2.45, 2.75) is 165 Å². The van der Waals surface area contributed by atoms with Crippen molar-refractivity contribution in [3.05, 3.63) is 0 Å². The van der Waals surface area contributed by atoms with Crippen LogP contribution < -0.4 is 88.0 Å². The SMILES string of the molecule is CC(C)[C@H](N)C(=O)N[C@@H](CC(N)=O)C(=O)N[C@@H](CC(N)=O)C(=O)N[C@@H](CCCN=C(N)N)C(=O)N[C@@H](CCC(N)=O)C(=O)N[C@@H](CCCCN)C(=O)N[C@@H](CC(=O)O)C(=O)N[C@@H](C)C(=O)N[C@@H](C)C(=O)N[C@H](C(=O)O)[C@@H](C)O. The van der Waals surface area contributed by atoms with E-state index < -0.39 is 187 Å². The molecule has 34 heteroatoms. The van der Waals surface area contributed by atoms with Gasteiger partial charge in [0.25, 0.3) is 0 Å². The van der Waals surface area contributed by atoms with Crippen LogP contribution in [0.5, 0.6) is 0 Å². The number of carboxylic acid groups (broad SMARTS) is 2. The van der Waals surface area contributed by atoms with Gasteiger partial charge in [-0.15, -0.1) is 0 Å². The molecule has 0 aliphatic carbocycles. The number of rotatable bonds is 38. The second-order valence-corrected chi connectivity index (χ2v) is 18.3. The lowest BCUT2D eigenvalue weighted by atomic mass is 10.0. The lowest BCUT2D eigenvalue weighted by molar-refractivity contribution is -0.145. The van der Waals surface area contributed by atoms with Crippen LogP contribution in [0.15, 0.2) is 4.99 Å². The zero-order valence-corrected chi connectivity index (χ0v) is 44.0. The molecule has 0 aromatic heterocycles. The molecule has 440 valence electrons. The predicted molar refractivity (Wildman–Crippen MR) is 272 cm³/mol. The van der Waals surface area contributed by atoms with E-state index in [1.807, 2.05) is 5.32 Å². The van der Waals surface area contributed by atoms with E-state index in [0.717, 1.165) is 20.8 Å². The Hall–Kier alpha value is -8.27. The number of carboxylic acids is 2. The molecule has 0 bridgehead atoms. The third-order valence-electron chi connectivity index (χ3n) is 11.1. The second-order valence-electron chi connectivity index (χ2n) is 18.3. The minimum absolute atomic E-state index is 0.0575. The average molecular weight is 1120 g/mol. The van der Waals surface area contributed by atoms with Gasteiger partial charge in [-0.25, -0.2) is 4.79 Å². The lowest BCUT2D eigenvalue weighted by Crippen LogP contribution is -2.61. The third kappa shape index (κ3) is 27.5. The molecular weight excluding hydrogens is 1040 g/mol. The number of aliphatic hydroxyl groups excluding tert-OH is 1. The molecule has 0 saturated carbocycles. The first-order chi connectivity index (χ1) is 36.2. The average Bonchev–Trinajstić information content (AvgIpc) is 3.32. The minimum atomic E-state index is -1.94. The molecule has 0 saturated heterocycles. The summed E-state index contributed by atoms with van der Waals surface area (Å²) in [6, 6.07) is -16.4. The van der Waals surface area contributed by atoms with Crippen molar-refractivity contribution in [3.63, 3.8) is 0 Å². The number of nitrogens with two attached hydrogens (primary N) is 7. The lowest BCUT2D eigenvalue weighted by Gasteiger charge is -2.27. The Morgan fingerprint density at radius 2 is 0.821 bits per heavy atom. The van der Waals surface area contributed by atoms with Crippen LogP contribution in [-0.2, 0) is 67.1 Å². The molecule has 0 aliphatic heterocycles. The molecule has 26 N–H and O–H groups in total. The van der Waals surface area contributed by atoms with Crippen molar-refractivity contribution in [1.82, 2.24) is 47.9 Å². The van der Waals surface area contributed by atoms with Gasteiger partial charge < -0.3 is 103 Å². The summed E-state index contributed by atoms with van der Waals surface area (Å²) in [5.41, 5.74) is 38.4. The second kappa shape index (κ2) is 35.1. The quantitative estimate of drug-likeness (QED) is 0.0155. The zero-order chi connectivity index (χ0) is 60.1. The van der Waals surface area contributed by atoms with Gasteiger partial charge in [-0.2, -0.15) is 0 Å². The standard InChI is InChI=1S/C44H77N17O17/c1-18(2)32(49)42(76)60-26(16-30(48)65)41(75)58-25(15-29(47)64)40(74)56-23(10-8-14-52-44(50)51)36(70)57-24(11-12-28(46)63)38(72)55-22(9-6-7-13-45)37(71)59-27(17-31(66)67)39(73)54-19(3)34(68)53-20(4)35(69)61-33(21(5)62)43(77)78/h18-27,32-33,62H,6-17,45,49H2,1-5H3,(H2,46,63)(H2,47,64)(H2,48,65)(H,53,68)(H,54,73)(H,55,72)(H,56,74)(H,57,70)(H,58,75)(H,59,71)(H,60,76)(H,61,69)(H,66,67)(H,77,78)(H4,50,51,52)/t19-,20-,21+,22-,23-,24-,25-,26-,27-,32-,33-/m0/s1. The molecule has 0 fully saturated rings. The number of amides is 12. The van der Waals surface area contributed by atoms with Crippen LogP contribution in [0.25, 0.3) is 0 Å². The van der Waals surface area contributed by atoms with E-state index in [1.54, 1.807) is 13.8 Å². The van der Waals surface area contributed by atoms with Crippen molar-refractivity contribution < 1.29 is 82.4 Å². The van der Waals surface area contributed by atoms with E-state index in [4.69, 9.17) is 40.1 Å². The number of aliphatic imine (C=N–C) groups is 1. The van der Waals surface area contributed by atoms with Gasteiger partial charge in [0, 0.05) is 13.0 Å². The van der Waals surface area contributed by atoms with Gasteiger partial charge in [-0.3, -0.25) is 67.3 Å². The van der Waals surface area contributed by atoms with E-state index in [0.29, 0.717) is 0 Å². The number of unbranched alkanes of at least 4 members (excludes halogenated alkanes) is 1. The Kier molecular flexibility index (Phi) is 31.4. The van der Waals surface area contributed by atoms with E-state index in [2.05, 4.69) is 47.5 Å². The molecular formula is C44H77N17O17. The normalized spacial score (nSPS) is 15.1. The highest BCUT2D eigenvalue weighted by atomic mass is 16.4. The number of carbonyl (C=O) groups is 14. The molecule has 0 spiro atoms. The van der Waals surface area contributed by atoms with E-state index in [1.165, 1.54) is 0 Å². The number of primary amides is 3. The van der Waals surface area contributed by atoms with Gasteiger partial charge in [0.1, 0.15) is 48.3 Å². The number of nitrogens with zero attached hydrogens (tertiary/aromatic N) is 1. The Morgan fingerprint density at radius 3 is 1.21 bits per heavy atom. The summed E-state index contributed by atoms with van der Waals surface area (Å²) in [5.74, 6) is -17.2. The highest BCUT2D eigenvalue weighted by Gasteiger charge is 2.36. The van der Waals surface area contributed by atoms with Crippen LogP contribution in [0.3, 0.4) is 0 Å². The number of carbonyl (C=O) groups excluding carboxylic acids is 12. The van der Waals surface area contributed by atoms with Gasteiger partial charge in [-0.05, 0) is 71.8 Å². The molecule has 0 aliphatic rings. The topological polar surface area (TPSA) is 602 Å². The van der Waals surface area contributed by atoms with E-state index in [-0.39, 0.29) is 51.2 Å². The van der Waals surface area contributed by atoms with E-state index >= 15 is 0 Å². The maximum absolute atomic E-state index is 14.1. The fourth-order valence-electron chi connectivity index (χ4n) is 6.68. The highest BCUT2D eigenvalue weighted by molar-refractivity contribution is 6.00. The Balaban J connectivity index is 6.83. The monoisotopic (exact) mass is 1120 g/mol. The molecule has 0 heterocycles.